The van der Waals surface area contributed by atoms with Crippen molar-refractivity contribution in [1.29, 1.82) is 0 Å². The van der Waals surface area contributed by atoms with E-state index in [1.54, 1.807) is 6.92 Å². The molecule has 1 fully saturated rings. The number of hydrogen-bond donors (Lipinski definition) is 1. The quantitative estimate of drug-likeness (QED) is 0.547. The van der Waals surface area contributed by atoms with Gasteiger partial charge < -0.3 is 14.1 Å². The van der Waals surface area contributed by atoms with E-state index in [2.05, 4.69) is 27.3 Å². The second-order valence-corrected chi connectivity index (χ2v) is 9.26. The maximum absolute atomic E-state index is 11.7. The van der Waals surface area contributed by atoms with E-state index in [4.69, 9.17) is 9.15 Å². The largest absolute Gasteiger partial charge is 0.492 e. The van der Waals surface area contributed by atoms with Crippen molar-refractivity contribution in [2.75, 3.05) is 39.3 Å². The molecule has 2 aliphatic rings. The van der Waals surface area contributed by atoms with Crippen LogP contribution in [0.5, 0.6) is 5.75 Å². The van der Waals surface area contributed by atoms with E-state index in [0.717, 1.165) is 67.2 Å². The number of aromatic nitrogens is 1. The van der Waals surface area contributed by atoms with Crippen molar-refractivity contribution in [1.82, 2.24) is 20.2 Å². The van der Waals surface area contributed by atoms with Gasteiger partial charge in [0.25, 0.3) is 0 Å². The Kier molecular flexibility index (Phi) is 6.99. The summed E-state index contributed by atoms with van der Waals surface area (Å²) in [7, 11) is 0. The number of hydrogen-bond acceptors (Lipinski definition) is 7. The Balaban J connectivity index is 1.20. The summed E-state index contributed by atoms with van der Waals surface area (Å²) in [6, 6.07) is 13.6. The van der Waals surface area contributed by atoms with Gasteiger partial charge in [-0.25, -0.2) is 10.4 Å². The number of carbonyl (C=O) groups is 2. The molecule has 0 bridgehead atoms. The monoisotopic (exact) mass is 489 g/mol. The molecule has 3 aromatic rings. The molecule has 2 aromatic carbocycles. The van der Waals surface area contributed by atoms with E-state index in [1.165, 1.54) is 0 Å². The van der Waals surface area contributed by atoms with E-state index in [1.807, 2.05) is 47.4 Å². The lowest BCUT2D eigenvalue weighted by Gasteiger charge is -2.34. The third-order valence-corrected chi connectivity index (χ3v) is 6.89. The lowest BCUT2D eigenvalue weighted by Crippen LogP contribution is -2.48. The number of fused-ring (bicyclic) bond motifs is 1. The van der Waals surface area contributed by atoms with Crippen molar-refractivity contribution in [3.63, 3.8) is 0 Å². The molecule has 9 heteroatoms. The molecule has 1 unspecified atom stereocenters. The molecular weight excluding hydrogens is 458 g/mol. The zero-order chi connectivity index (χ0) is 25.1. The number of rotatable bonds is 7. The molecule has 3 heterocycles. The highest BCUT2D eigenvalue weighted by Crippen LogP contribution is 2.28. The maximum Gasteiger partial charge on any atom is 0.240 e. The molecule has 1 N–H and O–H groups in total. The van der Waals surface area contributed by atoms with Gasteiger partial charge in [0.15, 0.2) is 5.58 Å². The summed E-state index contributed by atoms with van der Waals surface area (Å²) >= 11 is 0. The second kappa shape index (κ2) is 10.5. The Hall–Kier alpha value is -3.72. The van der Waals surface area contributed by atoms with E-state index in [0.29, 0.717) is 24.5 Å². The highest BCUT2D eigenvalue weighted by Gasteiger charge is 2.25. The van der Waals surface area contributed by atoms with E-state index in [-0.39, 0.29) is 17.7 Å². The van der Waals surface area contributed by atoms with Crippen LogP contribution in [0, 0.1) is 5.92 Å². The summed E-state index contributed by atoms with van der Waals surface area (Å²) in [4.78, 5) is 32.0. The van der Waals surface area contributed by atoms with Crippen molar-refractivity contribution >= 4 is 28.6 Å². The molecule has 2 aliphatic heterocycles. The molecule has 1 saturated heterocycles. The first-order chi connectivity index (χ1) is 17.5. The van der Waals surface area contributed by atoms with Gasteiger partial charge in [0.2, 0.25) is 17.7 Å². The van der Waals surface area contributed by atoms with Gasteiger partial charge in [0.1, 0.15) is 17.9 Å². The van der Waals surface area contributed by atoms with Crippen molar-refractivity contribution in [3.8, 4) is 17.2 Å². The van der Waals surface area contributed by atoms with Crippen molar-refractivity contribution < 1.29 is 18.7 Å². The van der Waals surface area contributed by atoms with E-state index >= 15 is 0 Å². The van der Waals surface area contributed by atoms with Crippen LogP contribution in [-0.4, -0.2) is 71.6 Å². The minimum atomic E-state index is -0.0476. The lowest BCUT2D eigenvalue weighted by atomic mass is 9.90. The number of amides is 2. The smallest absolute Gasteiger partial charge is 0.240 e. The number of carbonyl (C=O) groups excluding carboxylic acids is 2. The van der Waals surface area contributed by atoms with Crippen LogP contribution in [0.25, 0.3) is 22.6 Å². The van der Waals surface area contributed by atoms with Crippen molar-refractivity contribution in [3.05, 3.63) is 48.0 Å². The highest BCUT2D eigenvalue weighted by atomic mass is 16.5. The normalized spacial score (nSPS) is 18.7. The minimum absolute atomic E-state index is 0.0476. The molecule has 5 rings (SSSR count). The van der Waals surface area contributed by atoms with Gasteiger partial charge in [-0.05, 0) is 42.8 Å². The molecule has 0 aliphatic carbocycles. The average molecular weight is 490 g/mol. The number of nitrogens with one attached hydrogen (secondary N) is 1. The van der Waals surface area contributed by atoms with Crippen molar-refractivity contribution in [2.45, 2.75) is 26.7 Å². The van der Waals surface area contributed by atoms with Gasteiger partial charge in [-0.15, -0.1) is 0 Å². The number of hydrazone groups is 1. The predicted molar refractivity (Wildman–Crippen MR) is 137 cm³/mol. The number of piperazine rings is 1. The first-order valence-electron chi connectivity index (χ1n) is 12.5. The molecule has 9 nitrogen and oxygen atoms in total. The van der Waals surface area contributed by atoms with Crippen LogP contribution in [0.4, 0.5) is 0 Å². The average Bonchev–Trinajstić information content (AvgIpc) is 3.33. The maximum atomic E-state index is 11.7. The Morgan fingerprint density at radius 1 is 1.11 bits per heavy atom. The molecular formula is C27H31N5O4. The molecule has 0 saturated carbocycles. The molecule has 1 aromatic heterocycles. The van der Waals surface area contributed by atoms with E-state index in [9.17, 15) is 9.59 Å². The second-order valence-electron chi connectivity index (χ2n) is 9.26. The fourth-order valence-electron chi connectivity index (χ4n) is 4.70. The molecule has 0 radical (unpaired) electrons. The van der Waals surface area contributed by atoms with Crippen LogP contribution in [0.1, 0.15) is 32.3 Å². The highest BCUT2D eigenvalue weighted by molar-refractivity contribution is 6.07. The fraction of sp³-hybridized carbons (Fsp3) is 0.407. The Morgan fingerprint density at radius 2 is 1.86 bits per heavy atom. The Labute approximate surface area is 210 Å². The standard InChI is InChI=1S/C27H31N5O4/c1-3-19-17-25(34)29-30-26(19)21-6-9-23-24(16-21)36-27(28-23)20-4-7-22(8-5-20)35-15-14-31-10-12-32(13-11-31)18(2)33/h4-9,16,19H,3,10-15,17H2,1-2H3,(H,29,34). The van der Waals surface area contributed by atoms with Gasteiger partial charge in [-0.3, -0.25) is 14.5 Å². The Morgan fingerprint density at radius 3 is 2.58 bits per heavy atom. The number of ether oxygens (including phenoxy) is 1. The minimum Gasteiger partial charge on any atom is -0.492 e. The summed E-state index contributed by atoms with van der Waals surface area (Å²) < 4.78 is 12.0. The van der Waals surface area contributed by atoms with Gasteiger partial charge in [0.05, 0.1) is 5.71 Å². The predicted octanol–water partition coefficient (Wildman–Crippen LogP) is 3.29. The molecule has 0 spiro atoms. The van der Waals surface area contributed by atoms with Crippen LogP contribution in [0.2, 0.25) is 0 Å². The van der Waals surface area contributed by atoms with Crippen LogP contribution >= 0.6 is 0 Å². The lowest BCUT2D eigenvalue weighted by molar-refractivity contribution is -0.130. The first kappa shape index (κ1) is 24.0. The van der Waals surface area contributed by atoms with Crippen molar-refractivity contribution in [2.24, 2.45) is 11.0 Å². The summed E-state index contributed by atoms with van der Waals surface area (Å²) in [6.45, 7) is 8.41. The first-order valence-corrected chi connectivity index (χ1v) is 12.5. The summed E-state index contributed by atoms with van der Waals surface area (Å²) in [6.07, 6.45) is 1.29. The molecule has 1 atom stereocenters. The van der Waals surface area contributed by atoms with Gasteiger partial charge in [0, 0.05) is 63.1 Å². The molecule has 2 amide bonds. The zero-order valence-corrected chi connectivity index (χ0v) is 20.7. The Bertz CT molecular complexity index is 1280. The SMILES string of the molecule is CCC1CC(=O)NN=C1c1ccc2nc(-c3ccc(OCCN4CCN(C(C)=O)CC4)cc3)oc2c1. The van der Waals surface area contributed by atoms with Gasteiger partial charge in [-0.1, -0.05) is 13.0 Å². The molecule has 36 heavy (non-hydrogen) atoms. The number of nitrogens with zero attached hydrogens (tertiary/aromatic N) is 4. The van der Waals surface area contributed by atoms with Crippen LogP contribution < -0.4 is 10.2 Å². The summed E-state index contributed by atoms with van der Waals surface area (Å²) in [5.74, 6) is 1.53. The summed E-state index contributed by atoms with van der Waals surface area (Å²) in [5, 5.41) is 4.30. The zero-order valence-electron chi connectivity index (χ0n) is 20.7. The molecule has 188 valence electrons. The van der Waals surface area contributed by atoms with Gasteiger partial charge >= 0.3 is 0 Å². The van der Waals surface area contributed by atoms with E-state index < -0.39 is 0 Å². The van der Waals surface area contributed by atoms with Crippen LogP contribution in [0.15, 0.2) is 52.0 Å². The van der Waals surface area contributed by atoms with Crippen LogP contribution in [-0.2, 0) is 9.59 Å². The third-order valence-electron chi connectivity index (χ3n) is 6.89. The topological polar surface area (TPSA) is 100 Å². The fourth-order valence-corrected chi connectivity index (χ4v) is 4.70. The summed E-state index contributed by atoms with van der Waals surface area (Å²) in [5.41, 5.74) is 6.72. The number of oxazole rings is 1. The third kappa shape index (κ3) is 5.26. The van der Waals surface area contributed by atoms with Gasteiger partial charge in [-0.2, -0.15) is 5.10 Å². The van der Waals surface area contributed by atoms with Crippen LogP contribution in [0.3, 0.4) is 0 Å². The number of benzene rings is 2.